The summed E-state index contributed by atoms with van der Waals surface area (Å²) in [4.78, 5) is 36.1. The van der Waals surface area contributed by atoms with Crippen molar-refractivity contribution in [3.05, 3.63) is 83.0 Å². The van der Waals surface area contributed by atoms with E-state index in [0.29, 0.717) is 5.75 Å². The Morgan fingerprint density at radius 3 is 2.45 bits per heavy atom. The van der Waals surface area contributed by atoms with Crippen molar-refractivity contribution in [1.29, 1.82) is 0 Å². The number of carbonyl (C=O) groups is 2. The lowest BCUT2D eigenvalue weighted by atomic mass is 10.2. The average molecular weight is 437 g/mol. The van der Waals surface area contributed by atoms with E-state index < -0.39 is 21.8 Å². The van der Waals surface area contributed by atoms with Gasteiger partial charge in [0.05, 0.1) is 17.4 Å². The van der Waals surface area contributed by atoms with Crippen LogP contribution in [0.15, 0.2) is 86.5 Å². The van der Waals surface area contributed by atoms with Crippen LogP contribution in [0.5, 0.6) is 11.5 Å². The number of hydroxylamine groups is 1. The van der Waals surface area contributed by atoms with E-state index in [9.17, 15) is 18.0 Å². The van der Waals surface area contributed by atoms with Gasteiger partial charge in [-0.25, -0.2) is 13.2 Å². The fourth-order valence-corrected chi connectivity index (χ4v) is 4.51. The molecular weight excluding hydrogens is 422 g/mol. The summed E-state index contributed by atoms with van der Waals surface area (Å²) >= 11 is 0. The first-order valence-electron chi connectivity index (χ1n) is 8.96. The molecule has 3 aromatic rings. The molecule has 0 saturated heterocycles. The highest BCUT2D eigenvalue weighted by molar-refractivity contribution is 7.91. The maximum atomic E-state index is 13.3. The van der Waals surface area contributed by atoms with E-state index in [0.717, 1.165) is 0 Å². The summed E-state index contributed by atoms with van der Waals surface area (Å²) in [5, 5.41) is 0.159. The molecule has 1 aliphatic heterocycles. The van der Waals surface area contributed by atoms with Crippen molar-refractivity contribution >= 4 is 21.8 Å². The molecule has 0 fully saturated rings. The van der Waals surface area contributed by atoms with Gasteiger partial charge >= 0.3 is 6.03 Å². The average Bonchev–Trinajstić information content (AvgIpc) is 3.17. The number of rotatable bonds is 6. The van der Waals surface area contributed by atoms with Crippen LogP contribution in [-0.2, 0) is 9.84 Å². The summed E-state index contributed by atoms with van der Waals surface area (Å²) in [5.74, 6) is -0.207. The van der Waals surface area contributed by atoms with Gasteiger partial charge < -0.3 is 9.57 Å². The molecule has 0 unspecified atom stereocenters. The van der Waals surface area contributed by atoms with Crippen LogP contribution in [0.4, 0.5) is 4.79 Å². The zero-order chi connectivity index (χ0) is 22.0. The molecule has 3 aromatic carbocycles. The largest absolute Gasteiger partial charge is 0.495 e. The van der Waals surface area contributed by atoms with Crippen LogP contribution in [0.2, 0.25) is 0 Å². The Balaban J connectivity index is 1.67. The number of amides is 3. The molecule has 31 heavy (non-hydrogen) atoms. The van der Waals surface area contributed by atoms with Gasteiger partial charge in [0.2, 0.25) is 9.84 Å². The van der Waals surface area contributed by atoms with Crippen molar-refractivity contribution in [2.75, 3.05) is 7.11 Å². The Morgan fingerprint density at radius 1 is 0.935 bits per heavy atom. The van der Waals surface area contributed by atoms with Crippen molar-refractivity contribution in [2.45, 2.75) is 9.79 Å². The van der Waals surface area contributed by atoms with Crippen LogP contribution >= 0.6 is 0 Å². The third-order valence-electron chi connectivity index (χ3n) is 4.41. The van der Waals surface area contributed by atoms with Gasteiger partial charge in [-0.15, -0.1) is 0 Å². The highest BCUT2D eigenvalue weighted by atomic mass is 32.2. The van der Waals surface area contributed by atoms with Gasteiger partial charge in [0.1, 0.15) is 16.0 Å². The predicted molar refractivity (Wildman–Crippen MR) is 107 cm³/mol. The summed E-state index contributed by atoms with van der Waals surface area (Å²) in [7, 11) is -2.84. The van der Waals surface area contributed by atoms with Gasteiger partial charge in [-0.3, -0.25) is 4.79 Å². The van der Waals surface area contributed by atoms with Crippen molar-refractivity contribution < 1.29 is 27.6 Å². The normalized spacial score (nSPS) is 12.4. The standard InChI is InChI=1S/C21H15N3O6S/c1-29-16-12-13(20(25)24-30-14-6-3-2-4-7-14)10-11-17(16)31(27,28)18-9-5-8-15-19(18)23-21(26)22-15/h2-12H,1H3,(H,24,25). The molecule has 10 heteroatoms. The number of ether oxygens (including phenoxy) is 1. The van der Waals surface area contributed by atoms with Gasteiger partial charge in [-0.05, 0) is 42.5 Å². The minimum atomic E-state index is -4.12. The summed E-state index contributed by atoms with van der Waals surface area (Å²) in [6.45, 7) is 0. The summed E-state index contributed by atoms with van der Waals surface area (Å²) in [6.07, 6.45) is 0. The molecule has 9 nitrogen and oxygen atoms in total. The Bertz CT molecular complexity index is 1420. The van der Waals surface area contributed by atoms with E-state index in [-0.39, 0.29) is 31.8 Å². The first-order chi connectivity index (χ1) is 14.9. The number of hydrogen-bond donors (Lipinski definition) is 1. The minimum Gasteiger partial charge on any atom is -0.495 e. The number of nitrogens with one attached hydrogen (secondary N) is 1. The van der Waals surface area contributed by atoms with Gasteiger partial charge in [-0.2, -0.15) is 15.5 Å². The van der Waals surface area contributed by atoms with Crippen molar-refractivity contribution in [2.24, 2.45) is 9.98 Å². The second-order valence-electron chi connectivity index (χ2n) is 6.35. The number of benzene rings is 3. The fourth-order valence-electron chi connectivity index (χ4n) is 2.96. The monoisotopic (exact) mass is 437 g/mol. The van der Waals surface area contributed by atoms with E-state index in [2.05, 4.69) is 15.5 Å². The zero-order valence-corrected chi connectivity index (χ0v) is 16.9. The number of urea groups is 1. The molecule has 156 valence electrons. The van der Waals surface area contributed by atoms with Gasteiger partial charge in [-0.1, -0.05) is 24.3 Å². The SMILES string of the molecule is COc1cc(C(=O)NOc2ccccc2)ccc1S(=O)(=O)c1cccc2c1=NC(=O)N=2. The molecule has 1 heterocycles. The Morgan fingerprint density at radius 2 is 1.71 bits per heavy atom. The number of nitrogens with zero attached hydrogens (tertiary/aromatic N) is 2. The van der Waals surface area contributed by atoms with E-state index >= 15 is 0 Å². The number of sulfone groups is 1. The number of para-hydroxylation sites is 2. The van der Waals surface area contributed by atoms with E-state index in [1.54, 1.807) is 30.3 Å². The van der Waals surface area contributed by atoms with Gasteiger partial charge in [0.25, 0.3) is 5.91 Å². The first-order valence-corrected chi connectivity index (χ1v) is 10.4. The van der Waals surface area contributed by atoms with Crippen LogP contribution < -0.4 is 25.8 Å². The highest BCUT2D eigenvalue weighted by Gasteiger charge is 2.27. The Hall–Kier alpha value is -4.05. The molecule has 0 spiro atoms. The summed E-state index contributed by atoms with van der Waals surface area (Å²) in [6, 6.07) is 16.0. The molecule has 1 N–H and O–H groups in total. The topological polar surface area (TPSA) is 123 Å². The highest BCUT2D eigenvalue weighted by Crippen LogP contribution is 2.29. The fraction of sp³-hybridized carbons (Fsp3) is 0.0476. The smallest absolute Gasteiger partial charge is 0.368 e. The minimum absolute atomic E-state index is 0.0207. The second kappa shape index (κ2) is 8.00. The lowest BCUT2D eigenvalue weighted by Crippen LogP contribution is -2.28. The lowest BCUT2D eigenvalue weighted by molar-refractivity contribution is 0.0759. The van der Waals surface area contributed by atoms with Crippen molar-refractivity contribution in [1.82, 2.24) is 5.48 Å². The molecule has 0 atom stereocenters. The predicted octanol–water partition coefficient (Wildman–Crippen LogP) is 1.62. The molecule has 0 aliphatic carbocycles. The van der Waals surface area contributed by atoms with Crippen LogP contribution in [0, 0.1) is 0 Å². The second-order valence-corrected chi connectivity index (χ2v) is 8.23. The molecule has 0 aromatic heterocycles. The molecule has 4 rings (SSSR count). The third kappa shape index (κ3) is 3.88. The van der Waals surface area contributed by atoms with Crippen molar-refractivity contribution in [3.63, 3.8) is 0 Å². The van der Waals surface area contributed by atoms with Crippen LogP contribution in [0.25, 0.3) is 0 Å². The Kier molecular flexibility index (Phi) is 5.22. The van der Waals surface area contributed by atoms with Crippen molar-refractivity contribution in [3.8, 4) is 11.5 Å². The van der Waals surface area contributed by atoms with Crippen LogP contribution in [-0.4, -0.2) is 27.5 Å². The maximum Gasteiger partial charge on any atom is 0.368 e. The Labute approximate surface area is 176 Å². The van der Waals surface area contributed by atoms with E-state index in [1.165, 1.54) is 43.5 Å². The summed E-state index contributed by atoms with van der Waals surface area (Å²) in [5.41, 5.74) is 2.41. The molecule has 3 amide bonds. The first kappa shape index (κ1) is 20.2. The molecular formula is C21H15N3O6S. The molecule has 1 aliphatic rings. The number of fused-ring (bicyclic) bond motifs is 1. The zero-order valence-electron chi connectivity index (χ0n) is 16.1. The summed E-state index contributed by atoms with van der Waals surface area (Å²) < 4.78 is 31.7. The molecule has 0 saturated carbocycles. The number of methoxy groups -OCH3 is 1. The number of hydrogen-bond acceptors (Lipinski definition) is 6. The third-order valence-corrected chi connectivity index (χ3v) is 6.24. The van der Waals surface area contributed by atoms with Gasteiger partial charge in [0.15, 0.2) is 5.75 Å². The van der Waals surface area contributed by atoms with Gasteiger partial charge in [0, 0.05) is 5.56 Å². The maximum absolute atomic E-state index is 13.3. The molecule has 0 radical (unpaired) electrons. The van der Waals surface area contributed by atoms with E-state index in [4.69, 9.17) is 9.57 Å². The van der Waals surface area contributed by atoms with Crippen LogP contribution in [0.1, 0.15) is 10.4 Å². The lowest BCUT2D eigenvalue weighted by Gasteiger charge is -2.12. The number of carbonyl (C=O) groups excluding carboxylic acids is 2. The van der Waals surface area contributed by atoms with E-state index in [1.807, 2.05) is 0 Å². The molecule has 0 bridgehead atoms. The van der Waals surface area contributed by atoms with Crippen LogP contribution in [0.3, 0.4) is 0 Å². The quantitative estimate of drug-likeness (QED) is 0.585.